The fourth-order valence-electron chi connectivity index (χ4n) is 2.48. The Morgan fingerprint density at radius 2 is 2.15 bits per heavy atom. The van der Waals surface area contributed by atoms with Crippen molar-refractivity contribution >= 4 is 11.9 Å². The molecule has 1 atom stereocenters. The molecule has 0 bridgehead atoms. The van der Waals surface area contributed by atoms with Crippen molar-refractivity contribution in [2.24, 2.45) is 5.92 Å². The van der Waals surface area contributed by atoms with E-state index in [1.165, 1.54) is 6.42 Å². The molecule has 1 amide bonds. The molecular formula is C15H21NO4. The second kappa shape index (κ2) is 7.12. The summed E-state index contributed by atoms with van der Waals surface area (Å²) in [5.74, 6) is 0.0968. The SMILES string of the molecule is C[C@@H](NC(=O)COC(=O)C1CCCCC1)c1ccco1. The fraction of sp³-hybridized carbons (Fsp3) is 0.600. The van der Waals surface area contributed by atoms with Gasteiger partial charge in [0.05, 0.1) is 18.2 Å². The zero-order valence-corrected chi connectivity index (χ0v) is 11.8. The van der Waals surface area contributed by atoms with E-state index in [2.05, 4.69) is 5.32 Å². The number of ether oxygens (including phenoxy) is 1. The molecule has 110 valence electrons. The quantitative estimate of drug-likeness (QED) is 0.841. The number of hydrogen-bond acceptors (Lipinski definition) is 4. The molecule has 1 aliphatic carbocycles. The van der Waals surface area contributed by atoms with Crippen LogP contribution in [0.15, 0.2) is 22.8 Å². The summed E-state index contributed by atoms with van der Waals surface area (Å²) in [7, 11) is 0. The van der Waals surface area contributed by atoms with E-state index >= 15 is 0 Å². The minimum Gasteiger partial charge on any atom is -0.467 e. The normalized spacial score (nSPS) is 17.4. The number of hydrogen-bond donors (Lipinski definition) is 1. The maximum Gasteiger partial charge on any atom is 0.309 e. The molecule has 1 N–H and O–H groups in total. The van der Waals surface area contributed by atoms with Crippen LogP contribution in [-0.4, -0.2) is 18.5 Å². The summed E-state index contributed by atoms with van der Waals surface area (Å²) in [6, 6.07) is 3.32. The third-order valence-electron chi connectivity index (χ3n) is 3.63. The van der Waals surface area contributed by atoms with Crippen molar-refractivity contribution in [3.63, 3.8) is 0 Å². The van der Waals surface area contributed by atoms with Gasteiger partial charge in [-0.25, -0.2) is 0 Å². The van der Waals surface area contributed by atoms with Gasteiger partial charge >= 0.3 is 5.97 Å². The first-order valence-corrected chi connectivity index (χ1v) is 7.16. The van der Waals surface area contributed by atoms with E-state index in [1.54, 1.807) is 18.4 Å². The van der Waals surface area contributed by atoms with Gasteiger partial charge in [0, 0.05) is 0 Å². The summed E-state index contributed by atoms with van der Waals surface area (Å²) >= 11 is 0. The van der Waals surface area contributed by atoms with Crippen molar-refractivity contribution in [2.45, 2.75) is 45.1 Å². The highest BCUT2D eigenvalue weighted by molar-refractivity contribution is 5.81. The number of carbonyl (C=O) groups is 2. The third-order valence-corrected chi connectivity index (χ3v) is 3.63. The Balaban J connectivity index is 1.70. The van der Waals surface area contributed by atoms with E-state index in [4.69, 9.17) is 9.15 Å². The molecule has 1 aliphatic rings. The summed E-state index contributed by atoms with van der Waals surface area (Å²) < 4.78 is 10.3. The molecule has 0 saturated heterocycles. The molecular weight excluding hydrogens is 258 g/mol. The average molecular weight is 279 g/mol. The van der Waals surface area contributed by atoms with Crippen molar-refractivity contribution in [3.05, 3.63) is 24.2 Å². The van der Waals surface area contributed by atoms with E-state index < -0.39 is 0 Å². The number of esters is 1. The molecule has 0 aromatic carbocycles. The second-order valence-electron chi connectivity index (χ2n) is 5.25. The molecule has 2 rings (SSSR count). The van der Waals surface area contributed by atoms with E-state index in [1.807, 2.05) is 6.92 Å². The van der Waals surface area contributed by atoms with Crippen LogP contribution in [0.3, 0.4) is 0 Å². The Morgan fingerprint density at radius 3 is 2.80 bits per heavy atom. The van der Waals surface area contributed by atoms with Crippen molar-refractivity contribution in [2.75, 3.05) is 6.61 Å². The van der Waals surface area contributed by atoms with Crippen LogP contribution in [0.25, 0.3) is 0 Å². The van der Waals surface area contributed by atoms with Gasteiger partial charge in [-0.2, -0.15) is 0 Å². The molecule has 1 aromatic rings. The number of amides is 1. The number of rotatable bonds is 5. The van der Waals surface area contributed by atoms with Crippen LogP contribution < -0.4 is 5.32 Å². The predicted molar refractivity (Wildman–Crippen MR) is 72.8 cm³/mol. The highest BCUT2D eigenvalue weighted by atomic mass is 16.5. The van der Waals surface area contributed by atoms with E-state index in [0.717, 1.165) is 25.7 Å². The smallest absolute Gasteiger partial charge is 0.309 e. The number of carbonyl (C=O) groups excluding carboxylic acids is 2. The van der Waals surface area contributed by atoms with Crippen molar-refractivity contribution in [1.29, 1.82) is 0 Å². The van der Waals surface area contributed by atoms with Crippen LogP contribution in [0.5, 0.6) is 0 Å². The lowest BCUT2D eigenvalue weighted by Crippen LogP contribution is -2.32. The van der Waals surface area contributed by atoms with Crippen LogP contribution in [-0.2, 0) is 14.3 Å². The summed E-state index contributed by atoms with van der Waals surface area (Å²) in [4.78, 5) is 23.5. The summed E-state index contributed by atoms with van der Waals surface area (Å²) in [5, 5.41) is 2.73. The number of nitrogens with one attached hydrogen (secondary N) is 1. The van der Waals surface area contributed by atoms with Gasteiger partial charge in [0.25, 0.3) is 5.91 Å². The molecule has 20 heavy (non-hydrogen) atoms. The van der Waals surface area contributed by atoms with Gasteiger partial charge in [-0.05, 0) is 31.9 Å². The summed E-state index contributed by atoms with van der Waals surface area (Å²) in [6.45, 7) is 1.60. The van der Waals surface area contributed by atoms with Crippen molar-refractivity contribution in [1.82, 2.24) is 5.32 Å². The van der Waals surface area contributed by atoms with Gasteiger partial charge in [0.1, 0.15) is 5.76 Å². The van der Waals surface area contributed by atoms with Crippen molar-refractivity contribution < 1.29 is 18.7 Å². The van der Waals surface area contributed by atoms with Gasteiger partial charge in [-0.3, -0.25) is 9.59 Å². The lowest BCUT2D eigenvalue weighted by atomic mass is 9.89. The average Bonchev–Trinajstić information content (AvgIpc) is 3.00. The zero-order valence-electron chi connectivity index (χ0n) is 11.8. The lowest BCUT2D eigenvalue weighted by molar-refractivity contribution is -0.153. The largest absolute Gasteiger partial charge is 0.467 e. The lowest BCUT2D eigenvalue weighted by Gasteiger charge is -2.20. The van der Waals surface area contributed by atoms with Crippen LogP contribution in [0.1, 0.15) is 50.8 Å². The first-order valence-electron chi connectivity index (χ1n) is 7.16. The fourth-order valence-corrected chi connectivity index (χ4v) is 2.48. The molecule has 0 unspecified atom stereocenters. The Labute approximate surface area is 118 Å². The van der Waals surface area contributed by atoms with Gasteiger partial charge in [-0.15, -0.1) is 0 Å². The van der Waals surface area contributed by atoms with Crippen molar-refractivity contribution in [3.8, 4) is 0 Å². The third kappa shape index (κ3) is 4.11. The highest BCUT2D eigenvalue weighted by Crippen LogP contribution is 2.24. The van der Waals surface area contributed by atoms with Crippen LogP contribution in [0, 0.1) is 5.92 Å². The molecule has 0 spiro atoms. The topological polar surface area (TPSA) is 68.5 Å². The van der Waals surface area contributed by atoms with Gasteiger partial charge in [-0.1, -0.05) is 19.3 Å². The van der Waals surface area contributed by atoms with Gasteiger partial charge in [0.2, 0.25) is 0 Å². The second-order valence-corrected chi connectivity index (χ2v) is 5.25. The molecule has 0 radical (unpaired) electrons. The monoisotopic (exact) mass is 279 g/mol. The molecule has 1 fully saturated rings. The Hall–Kier alpha value is -1.78. The molecule has 0 aliphatic heterocycles. The maximum absolute atomic E-state index is 11.8. The van der Waals surface area contributed by atoms with E-state index in [9.17, 15) is 9.59 Å². The maximum atomic E-state index is 11.8. The Kier molecular flexibility index (Phi) is 5.21. The Bertz CT molecular complexity index is 435. The molecule has 1 aromatic heterocycles. The minimum absolute atomic E-state index is 0.0287. The van der Waals surface area contributed by atoms with Crippen LogP contribution in [0.2, 0.25) is 0 Å². The molecule has 1 saturated carbocycles. The van der Waals surface area contributed by atoms with Crippen LogP contribution >= 0.6 is 0 Å². The number of furan rings is 1. The minimum atomic E-state index is -0.307. The van der Waals surface area contributed by atoms with Gasteiger partial charge < -0.3 is 14.5 Å². The summed E-state index contributed by atoms with van der Waals surface area (Å²) in [5.41, 5.74) is 0. The Morgan fingerprint density at radius 1 is 1.40 bits per heavy atom. The van der Waals surface area contributed by atoms with E-state index in [-0.39, 0.29) is 30.4 Å². The molecule has 5 nitrogen and oxygen atoms in total. The predicted octanol–water partition coefficient (Wildman–Crippen LogP) is 2.58. The first kappa shape index (κ1) is 14.6. The van der Waals surface area contributed by atoms with E-state index in [0.29, 0.717) is 5.76 Å². The highest BCUT2D eigenvalue weighted by Gasteiger charge is 2.23. The zero-order chi connectivity index (χ0) is 14.4. The van der Waals surface area contributed by atoms with Gasteiger partial charge in [0.15, 0.2) is 6.61 Å². The summed E-state index contributed by atoms with van der Waals surface area (Å²) in [6.07, 6.45) is 6.64. The van der Waals surface area contributed by atoms with Crippen LogP contribution in [0.4, 0.5) is 0 Å². The molecule has 5 heteroatoms. The molecule has 1 heterocycles. The first-order chi connectivity index (χ1) is 9.66. The standard InChI is InChI=1S/C15H21NO4/c1-11(13-8-5-9-19-13)16-14(17)10-20-15(18)12-6-3-2-4-7-12/h5,8-9,11-12H,2-4,6-7,10H2,1H3,(H,16,17)/t11-/m1/s1.